The number of carboxylic acid groups (broad SMARTS) is 1. The quantitative estimate of drug-likeness (QED) is 0.685. The summed E-state index contributed by atoms with van der Waals surface area (Å²) in [7, 11) is -3.15. The Morgan fingerprint density at radius 1 is 1.64 bits per heavy atom. The highest BCUT2D eigenvalue weighted by Crippen LogP contribution is 2.32. The minimum absolute atomic E-state index is 0.0402. The van der Waals surface area contributed by atoms with E-state index in [2.05, 4.69) is 0 Å². The molecule has 0 spiro atoms. The fourth-order valence-electron chi connectivity index (χ4n) is 1.77. The number of hydrogen-bond acceptors (Lipinski definition) is 4. The molecule has 0 amide bonds. The van der Waals surface area contributed by atoms with Crippen LogP contribution in [0.1, 0.15) is 26.2 Å². The van der Waals surface area contributed by atoms with E-state index >= 15 is 0 Å². The van der Waals surface area contributed by atoms with Crippen molar-refractivity contribution in [3.05, 3.63) is 0 Å². The van der Waals surface area contributed by atoms with E-state index in [1.807, 2.05) is 0 Å². The van der Waals surface area contributed by atoms with Crippen LogP contribution in [0.15, 0.2) is 0 Å². The first-order valence-electron chi connectivity index (χ1n) is 4.55. The minimum atomic E-state index is -3.15. The standard InChI is InChI=1S/C8H15NO4S/c1-2-14(12,13)6-3-4-8(9,5-6)7(10)11/h6H,2-5,9H2,1H3,(H,10,11)/t6-,8+/m0/s1. The normalized spacial score (nSPS) is 33.1. The van der Waals surface area contributed by atoms with Crippen LogP contribution in [0.2, 0.25) is 0 Å². The lowest BCUT2D eigenvalue weighted by Crippen LogP contribution is -2.46. The molecule has 1 rings (SSSR count). The Labute approximate surface area is 83.2 Å². The Balaban J connectivity index is 2.81. The number of carboxylic acids is 1. The van der Waals surface area contributed by atoms with Crippen LogP contribution < -0.4 is 5.73 Å². The molecule has 0 aromatic rings. The summed E-state index contributed by atoms with van der Waals surface area (Å²) in [4.78, 5) is 10.8. The monoisotopic (exact) mass is 221 g/mol. The van der Waals surface area contributed by atoms with Gasteiger partial charge in [-0.3, -0.25) is 4.79 Å². The highest BCUT2D eigenvalue weighted by molar-refractivity contribution is 7.92. The van der Waals surface area contributed by atoms with Gasteiger partial charge in [-0.2, -0.15) is 0 Å². The average Bonchev–Trinajstić information content (AvgIpc) is 2.50. The van der Waals surface area contributed by atoms with Crippen LogP contribution in [0.5, 0.6) is 0 Å². The Morgan fingerprint density at radius 2 is 2.21 bits per heavy atom. The summed E-state index contributed by atoms with van der Waals surface area (Å²) in [5.41, 5.74) is 4.24. The van der Waals surface area contributed by atoms with Crippen molar-refractivity contribution in [1.82, 2.24) is 0 Å². The van der Waals surface area contributed by atoms with Crippen molar-refractivity contribution in [3.8, 4) is 0 Å². The molecular formula is C8H15NO4S. The summed E-state index contributed by atoms with van der Waals surface area (Å²) in [5, 5.41) is 8.23. The molecule has 1 aliphatic rings. The second-order valence-corrected chi connectivity index (χ2v) is 6.35. The average molecular weight is 221 g/mol. The number of sulfone groups is 1. The van der Waals surface area contributed by atoms with Crippen LogP contribution >= 0.6 is 0 Å². The van der Waals surface area contributed by atoms with Crippen molar-refractivity contribution < 1.29 is 18.3 Å². The molecule has 0 saturated heterocycles. The van der Waals surface area contributed by atoms with Gasteiger partial charge < -0.3 is 10.8 Å². The van der Waals surface area contributed by atoms with Gasteiger partial charge in [-0.1, -0.05) is 6.92 Å². The van der Waals surface area contributed by atoms with E-state index in [1.165, 1.54) is 0 Å². The lowest BCUT2D eigenvalue weighted by molar-refractivity contribution is -0.143. The first-order chi connectivity index (χ1) is 6.32. The molecule has 6 heteroatoms. The van der Waals surface area contributed by atoms with Crippen LogP contribution in [0.3, 0.4) is 0 Å². The molecule has 82 valence electrons. The number of hydrogen-bond donors (Lipinski definition) is 2. The highest BCUT2D eigenvalue weighted by Gasteiger charge is 2.46. The van der Waals surface area contributed by atoms with Gasteiger partial charge >= 0.3 is 5.97 Å². The minimum Gasteiger partial charge on any atom is -0.480 e. The predicted molar refractivity (Wildman–Crippen MR) is 51.7 cm³/mol. The number of rotatable bonds is 3. The third-order valence-electron chi connectivity index (χ3n) is 2.84. The first-order valence-corrected chi connectivity index (χ1v) is 6.27. The van der Waals surface area contributed by atoms with Gasteiger partial charge in [0.15, 0.2) is 9.84 Å². The Morgan fingerprint density at radius 3 is 2.57 bits per heavy atom. The topological polar surface area (TPSA) is 97.5 Å². The summed E-state index contributed by atoms with van der Waals surface area (Å²) in [5.74, 6) is -1.06. The largest absolute Gasteiger partial charge is 0.480 e. The maximum absolute atomic E-state index is 11.5. The fraction of sp³-hybridized carbons (Fsp3) is 0.875. The third-order valence-corrected chi connectivity index (χ3v) is 5.06. The molecule has 0 bridgehead atoms. The Hall–Kier alpha value is -0.620. The van der Waals surface area contributed by atoms with Crippen LogP contribution in [-0.4, -0.2) is 36.0 Å². The van der Waals surface area contributed by atoms with Crippen LogP contribution in [-0.2, 0) is 14.6 Å². The number of aliphatic carboxylic acids is 1. The SMILES string of the molecule is CCS(=O)(=O)[C@H]1CC[C@](N)(C(=O)O)C1. The number of nitrogens with two attached hydrogens (primary N) is 1. The van der Waals surface area contributed by atoms with E-state index in [9.17, 15) is 13.2 Å². The number of carbonyl (C=O) groups is 1. The van der Waals surface area contributed by atoms with E-state index in [4.69, 9.17) is 10.8 Å². The van der Waals surface area contributed by atoms with E-state index in [1.54, 1.807) is 6.92 Å². The summed E-state index contributed by atoms with van der Waals surface area (Å²) in [6.45, 7) is 1.56. The van der Waals surface area contributed by atoms with Crippen molar-refractivity contribution in [2.24, 2.45) is 5.73 Å². The van der Waals surface area contributed by atoms with Crippen molar-refractivity contribution >= 4 is 15.8 Å². The Kier molecular flexibility index (Phi) is 2.87. The zero-order valence-electron chi connectivity index (χ0n) is 8.06. The second-order valence-electron chi connectivity index (χ2n) is 3.78. The van der Waals surface area contributed by atoms with Gasteiger partial charge in [0.1, 0.15) is 5.54 Å². The van der Waals surface area contributed by atoms with Crippen LogP contribution in [0.4, 0.5) is 0 Å². The lowest BCUT2D eigenvalue weighted by atomic mass is 10.0. The molecule has 0 unspecified atom stereocenters. The maximum atomic E-state index is 11.5. The van der Waals surface area contributed by atoms with Gasteiger partial charge in [0.25, 0.3) is 0 Å². The molecule has 0 aromatic heterocycles. The van der Waals surface area contributed by atoms with Crippen molar-refractivity contribution in [2.45, 2.75) is 37.0 Å². The van der Waals surface area contributed by atoms with E-state index in [0.29, 0.717) is 6.42 Å². The van der Waals surface area contributed by atoms with E-state index in [0.717, 1.165) is 0 Å². The zero-order valence-corrected chi connectivity index (χ0v) is 8.88. The summed E-state index contributed by atoms with van der Waals surface area (Å²) >= 11 is 0. The third kappa shape index (κ3) is 1.90. The maximum Gasteiger partial charge on any atom is 0.323 e. The molecule has 5 nitrogen and oxygen atoms in total. The van der Waals surface area contributed by atoms with E-state index in [-0.39, 0.29) is 18.6 Å². The van der Waals surface area contributed by atoms with E-state index < -0.39 is 26.6 Å². The molecule has 0 aromatic carbocycles. The Bertz CT molecular complexity index is 337. The van der Waals surface area contributed by atoms with Crippen molar-refractivity contribution in [1.29, 1.82) is 0 Å². The van der Waals surface area contributed by atoms with Crippen molar-refractivity contribution in [3.63, 3.8) is 0 Å². The molecule has 14 heavy (non-hydrogen) atoms. The summed E-state index contributed by atoms with van der Waals surface area (Å²) in [6, 6.07) is 0. The molecule has 1 aliphatic carbocycles. The molecule has 0 aliphatic heterocycles. The van der Waals surface area contributed by atoms with Gasteiger partial charge in [-0.05, 0) is 19.3 Å². The molecule has 0 radical (unpaired) electrons. The molecule has 0 heterocycles. The highest BCUT2D eigenvalue weighted by atomic mass is 32.2. The predicted octanol–water partition coefficient (Wildman–Crippen LogP) is -0.244. The van der Waals surface area contributed by atoms with Gasteiger partial charge in [-0.25, -0.2) is 8.42 Å². The molecular weight excluding hydrogens is 206 g/mol. The molecule has 3 N–H and O–H groups in total. The van der Waals surface area contributed by atoms with Gasteiger partial charge in [0.2, 0.25) is 0 Å². The smallest absolute Gasteiger partial charge is 0.323 e. The van der Waals surface area contributed by atoms with Gasteiger partial charge in [0.05, 0.1) is 5.25 Å². The summed E-state index contributed by atoms with van der Waals surface area (Å²) in [6.07, 6.45) is 0.643. The lowest BCUT2D eigenvalue weighted by Gasteiger charge is -2.17. The summed E-state index contributed by atoms with van der Waals surface area (Å²) < 4.78 is 22.9. The van der Waals surface area contributed by atoms with Gasteiger partial charge in [0, 0.05) is 5.75 Å². The van der Waals surface area contributed by atoms with Crippen molar-refractivity contribution in [2.75, 3.05) is 5.75 Å². The fourth-order valence-corrected chi connectivity index (χ4v) is 3.27. The van der Waals surface area contributed by atoms with Gasteiger partial charge in [-0.15, -0.1) is 0 Å². The molecule has 2 atom stereocenters. The zero-order chi connectivity index (χ0) is 11.0. The first kappa shape index (κ1) is 11.5. The molecule has 1 saturated carbocycles. The molecule has 1 fully saturated rings. The van der Waals surface area contributed by atoms with Crippen LogP contribution in [0, 0.1) is 0 Å². The second kappa shape index (κ2) is 3.51. The van der Waals surface area contributed by atoms with Crippen LogP contribution in [0.25, 0.3) is 0 Å².